The summed E-state index contributed by atoms with van der Waals surface area (Å²) in [5, 5.41) is 0. The molecule has 0 radical (unpaired) electrons. The van der Waals surface area contributed by atoms with E-state index in [1.807, 2.05) is 45.0 Å². The summed E-state index contributed by atoms with van der Waals surface area (Å²) in [4.78, 5) is 24.8. The van der Waals surface area contributed by atoms with Gasteiger partial charge >= 0.3 is 5.97 Å². The lowest BCUT2D eigenvalue weighted by molar-refractivity contribution is -0.150. The van der Waals surface area contributed by atoms with Crippen molar-refractivity contribution in [3.8, 4) is 0 Å². The second-order valence-electron chi connectivity index (χ2n) is 4.77. The van der Waals surface area contributed by atoms with Crippen LogP contribution in [0.25, 0.3) is 0 Å². The predicted molar refractivity (Wildman–Crippen MR) is 77.3 cm³/mol. The van der Waals surface area contributed by atoms with Gasteiger partial charge in [0, 0.05) is 4.90 Å². The summed E-state index contributed by atoms with van der Waals surface area (Å²) >= 11 is 1.47. The van der Waals surface area contributed by atoms with Crippen LogP contribution in [0, 0.1) is 18.8 Å². The van der Waals surface area contributed by atoms with Gasteiger partial charge in [-0.05, 0) is 24.5 Å². The Morgan fingerprint density at radius 2 is 1.89 bits per heavy atom. The quantitative estimate of drug-likeness (QED) is 0.456. The maximum Gasteiger partial charge on any atom is 0.316 e. The first-order valence-corrected chi connectivity index (χ1v) is 7.25. The maximum absolute atomic E-state index is 12.1. The molecule has 0 aliphatic carbocycles. The summed E-state index contributed by atoms with van der Waals surface area (Å²) in [6, 6.07) is 7.90. The molecule has 0 N–H and O–H groups in total. The number of ether oxygens (including phenoxy) is 1. The molecule has 0 saturated carbocycles. The lowest BCUT2D eigenvalue weighted by Crippen LogP contribution is -2.31. The van der Waals surface area contributed by atoms with Gasteiger partial charge in [-0.15, -0.1) is 11.8 Å². The van der Waals surface area contributed by atoms with Crippen molar-refractivity contribution in [2.24, 2.45) is 11.8 Å². The van der Waals surface area contributed by atoms with E-state index in [2.05, 4.69) is 0 Å². The first-order chi connectivity index (χ1) is 8.97. The average Bonchev–Trinajstić information content (AvgIpc) is 2.37. The van der Waals surface area contributed by atoms with Crippen LogP contribution in [0.15, 0.2) is 29.2 Å². The molecule has 1 aromatic rings. The second kappa shape index (κ2) is 7.34. The third-order valence-electron chi connectivity index (χ3n) is 2.93. The highest BCUT2D eigenvalue weighted by atomic mass is 32.2. The van der Waals surface area contributed by atoms with Crippen LogP contribution in [0.1, 0.15) is 19.4 Å². The number of benzene rings is 1. The van der Waals surface area contributed by atoms with E-state index >= 15 is 0 Å². The van der Waals surface area contributed by atoms with Crippen LogP contribution < -0.4 is 0 Å². The van der Waals surface area contributed by atoms with Crippen molar-refractivity contribution in [3.05, 3.63) is 29.8 Å². The van der Waals surface area contributed by atoms with Crippen LogP contribution >= 0.6 is 11.8 Å². The predicted octanol–water partition coefficient (Wildman–Crippen LogP) is 3.10. The van der Waals surface area contributed by atoms with Gasteiger partial charge in [0.25, 0.3) is 0 Å². The highest BCUT2D eigenvalue weighted by Gasteiger charge is 2.30. The molecule has 0 aliphatic rings. The van der Waals surface area contributed by atoms with Gasteiger partial charge in [0.05, 0.1) is 12.9 Å². The lowest BCUT2D eigenvalue weighted by Gasteiger charge is -2.17. The van der Waals surface area contributed by atoms with Gasteiger partial charge in [-0.1, -0.05) is 32.0 Å². The molecular weight excluding hydrogens is 260 g/mol. The molecule has 0 fully saturated rings. The van der Waals surface area contributed by atoms with E-state index in [-0.39, 0.29) is 11.7 Å². The van der Waals surface area contributed by atoms with Crippen molar-refractivity contribution in [3.63, 3.8) is 0 Å². The van der Waals surface area contributed by atoms with E-state index < -0.39 is 11.9 Å². The number of carbonyl (C=O) groups is 2. The molecule has 104 valence electrons. The SMILES string of the molecule is COC(=O)C(C(=O)CSc1ccccc1C)C(C)C. The van der Waals surface area contributed by atoms with Crippen LogP contribution in [0.4, 0.5) is 0 Å². The first-order valence-electron chi connectivity index (χ1n) is 6.26. The highest BCUT2D eigenvalue weighted by molar-refractivity contribution is 8.00. The number of hydrogen-bond donors (Lipinski definition) is 0. The molecule has 19 heavy (non-hydrogen) atoms. The van der Waals surface area contributed by atoms with Crippen molar-refractivity contribution in [1.29, 1.82) is 0 Å². The monoisotopic (exact) mass is 280 g/mol. The van der Waals surface area contributed by atoms with E-state index in [4.69, 9.17) is 4.74 Å². The minimum absolute atomic E-state index is 0.0441. The first kappa shape index (κ1) is 15.8. The van der Waals surface area contributed by atoms with Gasteiger partial charge in [-0.25, -0.2) is 0 Å². The van der Waals surface area contributed by atoms with Crippen molar-refractivity contribution >= 4 is 23.5 Å². The highest BCUT2D eigenvalue weighted by Crippen LogP contribution is 2.24. The summed E-state index contributed by atoms with van der Waals surface area (Å²) in [7, 11) is 1.32. The molecule has 1 atom stereocenters. The number of carbonyl (C=O) groups excluding carboxylic acids is 2. The fourth-order valence-electron chi connectivity index (χ4n) is 1.86. The maximum atomic E-state index is 12.1. The van der Waals surface area contributed by atoms with Crippen LogP contribution in [-0.2, 0) is 14.3 Å². The van der Waals surface area contributed by atoms with E-state index in [1.165, 1.54) is 18.9 Å². The molecule has 0 spiro atoms. The summed E-state index contributed by atoms with van der Waals surface area (Å²) < 4.78 is 4.70. The Hall–Kier alpha value is -1.29. The van der Waals surface area contributed by atoms with Crippen molar-refractivity contribution in [2.45, 2.75) is 25.7 Å². The van der Waals surface area contributed by atoms with E-state index in [9.17, 15) is 9.59 Å². The Labute approximate surface area is 118 Å². The molecule has 1 rings (SSSR count). The van der Waals surface area contributed by atoms with Crippen LogP contribution in [-0.4, -0.2) is 24.6 Å². The van der Waals surface area contributed by atoms with Gasteiger partial charge in [-0.2, -0.15) is 0 Å². The topological polar surface area (TPSA) is 43.4 Å². The Morgan fingerprint density at radius 1 is 1.26 bits per heavy atom. The number of aryl methyl sites for hydroxylation is 1. The third-order valence-corrected chi connectivity index (χ3v) is 4.13. The molecular formula is C15H20O3S. The Bertz CT molecular complexity index is 454. The number of methoxy groups -OCH3 is 1. The lowest BCUT2D eigenvalue weighted by atomic mass is 9.92. The normalized spacial score (nSPS) is 12.3. The van der Waals surface area contributed by atoms with Crippen molar-refractivity contribution < 1.29 is 14.3 Å². The molecule has 0 amide bonds. The minimum Gasteiger partial charge on any atom is -0.468 e. The van der Waals surface area contributed by atoms with Gasteiger partial charge < -0.3 is 4.74 Å². The summed E-state index contributed by atoms with van der Waals surface area (Å²) in [6.07, 6.45) is 0. The number of rotatable bonds is 6. The molecule has 0 aliphatic heterocycles. The summed E-state index contributed by atoms with van der Waals surface area (Å²) in [5.74, 6) is -0.928. The fraction of sp³-hybridized carbons (Fsp3) is 0.467. The van der Waals surface area contributed by atoms with Gasteiger partial charge in [0.2, 0.25) is 0 Å². The largest absolute Gasteiger partial charge is 0.468 e. The van der Waals surface area contributed by atoms with Gasteiger partial charge in [0.15, 0.2) is 5.78 Å². The molecule has 0 heterocycles. The molecule has 1 unspecified atom stereocenters. The Balaban J connectivity index is 2.68. The Kier molecular flexibility index (Phi) is 6.09. The number of hydrogen-bond acceptors (Lipinski definition) is 4. The standard InChI is InChI=1S/C15H20O3S/c1-10(2)14(15(17)18-4)12(16)9-19-13-8-6-5-7-11(13)3/h5-8,10,14H,9H2,1-4H3. The minimum atomic E-state index is -0.665. The zero-order valence-corrected chi connectivity index (χ0v) is 12.6. The number of esters is 1. The molecule has 0 saturated heterocycles. The zero-order valence-electron chi connectivity index (χ0n) is 11.8. The van der Waals surface area contributed by atoms with E-state index in [0.29, 0.717) is 5.75 Å². The van der Waals surface area contributed by atoms with Gasteiger partial charge in [-0.3, -0.25) is 9.59 Å². The smallest absolute Gasteiger partial charge is 0.316 e. The van der Waals surface area contributed by atoms with Crippen LogP contribution in [0.2, 0.25) is 0 Å². The molecule has 3 nitrogen and oxygen atoms in total. The number of Topliss-reactive ketones (excluding diaryl/α,β-unsaturated/α-hetero) is 1. The van der Waals surface area contributed by atoms with E-state index in [0.717, 1.165) is 10.5 Å². The van der Waals surface area contributed by atoms with Crippen LogP contribution in [0.5, 0.6) is 0 Å². The number of thioether (sulfide) groups is 1. The second-order valence-corrected chi connectivity index (χ2v) is 5.78. The van der Waals surface area contributed by atoms with Crippen LogP contribution in [0.3, 0.4) is 0 Å². The molecule has 4 heteroatoms. The summed E-state index contributed by atoms with van der Waals surface area (Å²) in [6.45, 7) is 5.73. The third kappa shape index (κ3) is 4.39. The molecule has 0 bridgehead atoms. The van der Waals surface area contributed by atoms with E-state index in [1.54, 1.807) is 0 Å². The summed E-state index contributed by atoms with van der Waals surface area (Å²) in [5.41, 5.74) is 1.14. The number of ketones is 1. The Morgan fingerprint density at radius 3 is 2.42 bits per heavy atom. The van der Waals surface area contributed by atoms with Gasteiger partial charge in [0.1, 0.15) is 5.92 Å². The molecule has 0 aromatic heterocycles. The van der Waals surface area contributed by atoms with Crippen molar-refractivity contribution in [2.75, 3.05) is 12.9 Å². The average molecular weight is 280 g/mol. The zero-order chi connectivity index (χ0) is 14.4. The fourth-order valence-corrected chi connectivity index (χ4v) is 2.81. The molecule has 1 aromatic carbocycles. The van der Waals surface area contributed by atoms with Crippen molar-refractivity contribution in [1.82, 2.24) is 0 Å².